The van der Waals surface area contributed by atoms with E-state index in [9.17, 15) is 9.59 Å². The number of fused-ring (bicyclic) bond motifs is 5. The molecule has 0 saturated heterocycles. The van der Waals surface area contributed by atoms with Crippen LogP contribution in [0.2, 0.25) is 0 Å². The molecule has 0 spiro atoms. The van der Waals surface area contributed by atoms with Crippen LogP contribution in [0.1, 0.15) is 58.8 Å². The van der Waals surface area contributed by atoms with Crippen molar-refractivity contribution in [2.45, 2.75) is 58.8 Å². The lowest BCUT2D eigenvalue weighted by Crippen LogP contribution is -2.53. The third kappa shape index (κ3) is 1.71. The van der Waals surface area contributed by atoms with Crippen LogP contribution in [0.4, 0.5) is 0 Å². The van der Waals surface area contributed by atoms with E-state index >= 15 is 0 Å². The Morgan fingerprint density at radius 2 is 1.86 bits per heavy atom. The molecule has 4 aliphatic rings. The van der Waals surface area contributed by atoms with E-state index in [2.05, 4.69) is 19.9 Å². The molecule has 0 N–H and O–H groups in total. The van der Waals surface area contributed by atoms with Crippen molar-refractivity contribution in [2.75, 3.05) is 0 Å². The highest BCUT2D eigenvalue weighted by Gasteiger charge is 2.59. The highest BCUT2D eigenvalue weighted by molar-refractivity contribution is 5.91. The zero-order valence-electron chi connectivity index (χ0n) is 13.2. The molecule has 2 heteroatoms. The number of carbonyl (C=O) groups is 2. The molecule has 0 heterocycles. The lowest BCUT2D eigenvalue weighted by molar-refractivity contribution is -0.138. The van der Waals surface area contributed by atoms with Gasteiger partial charge in [0.25, 0.3) is 0 Å². The fourth-order valence-electron chi connectivity index (χ4n) is 6.49. The smallest absolute Gasteiger partial charge is 0.155 e. The summed E-state index contributed by atoms with van der Waals surface area (Å²) in [6.45, 7) is 4.58. The Morgan fingerprint density at radius 1 is 1.05 bits per heavy atom. The largest absolute Gasteiger partial charge is 0.299 e. The normalized spacial score (nSPS) is 52.3. The molecule has 0 radical (unpaired) electrons. The summed E-state index contributed by atoms with van der Waals surface area (Å²) in [6, 6.07) is 0. The second-order valence-electron chi connectivity index (χ2n) is 8.49. The zero-order valence-corrected chi connectivity index (χ0v) is 13.2. The molecule has 0 aromatic heterocycles. The molecular formula is C19H26O2. The molecule has 114 valence electrons. The molecule has 0 aromatic carbocycles. The fourth-order valence-corrected chi connectivity index (χ4v) is 6.49. The first kappa shape index (κ1) is 13.7. The van der Waals surface area contributed by atoms with Gasteiger partial charge in [-0.05, 0) is 67.3 Å². The third-order valence-electron chi connectivity index (χ3n) is 7.72. The molecule has 6 atom stereocenters. The van der Waals surface area contributed by atoms with Gasteiger partial charge in [-0.15, -0.1) is 0 Å². The van der Waals surface area contributed by atoms with Crippen LogP contribution in [-0.2, 0) is 9.59 Å². The Kier molecular flexibility index (Phi) is 2.81. The maximum atomic E-state index is 12.4. The number of hydrogen-bond acceptors (Lipinski definition) is 2. The summed E-state index contributed by atoms with van der Waals surface area (Å²) in [5.41, 5.74) is 0.112. The molecule has 3 saturated carbocycles. The van der Waals surface area contributed by atoms with Crippen LogP contribution in [0.25, 0.3) is 0 Å². The summed E-state index contributed by atoms with van der Waals surface area (Å²) in [5.74, 6) is 3.31. The van der Waals surface area contributed by atoms with E-state index in [1.807, 2.05) is 6.08 Å². The zero-order chi connectivity index (χ0) is 14.8. The lowest BCUT2D eigenvalue weighted by Gasteiger charge is -2.58. The van der Waals surface area contributed by atoms with E-state index in [0.29, 0.717) is 35.2 Å². The molecule has 0 amide bonds. The number of carbonyl (C=O) groups excluding carboxylic acids is 2. The van der Waals surface area contributed by atoms with Crippen molar-refractivity contribution < 1.29 is 9.59 Å². The van der Waals surface area contributed by atoms with Crippen molar-refractivity contribution in [3.8, 4) is 0 Å². The molecular weight excluding hydrogens is 260 g/mol. The van der Waals surface area contributed by atoms with E-state index in [-0.39, 0.29) is 10.8 Å². The molecule has 3 fully saturated rings. The quantitative estimate of drug-likeness (QED) is 0.676. The van der Waals surface area contributed by atoms with Gasteiger partial charge in [0.2, 0.25) is 0 Å². The van der Waals surface area contributed by atoms with Crippen molar-refractivity contribution >= 4 is 11.6 Å². The molecule has 0 unspecified atom stereocenters. The maximum Gasteiger partial charge on any atom is 0.155 e. The summed E-state index contributed by atoms with van der Waals surface area (Å²) in [5, 5.41) is 0. The van der Waals surface area contributed by atoms with Crippen LogP contribution in [0.15, 0.2) is 12.2 Å². The van der Waals surface area contributed by atoms with Crippen molar-refractivity contribution in [1.82, 2.24) is 0 Å². The van der Waals surface area contributed by atoms with Gasteiger partial charge in [-0.2, -0.15) is 0 Å². The highest BCUT2D eigenvalue weighted by Crippen LogP contribution is 2.64. The second kappa shape index (κ2) is 4.30. The van der Waals surface area contributed by atoms with Crippen molar-refractivity contribution in [3.63, 3.8) is 0 Å². The second-order valence-corrected chi connectivity index (χ2v) is 8.49. The lowest BCUT2D eigenvalue weighted by atomic mass is 9.46. The standard InChI is InChI=1S/C19H26O2/c1-18-10-9-16-14(15(18)7-8-17(18)21)6-4-12-3-5-13(20)11-19(12,16)2/h3,5,12,14-16H,4,6-11H2,1-2H3/t12-,14+,15+,16+,18+,19+/m1/s1. The predicted molar refractivity (Wildman–Crippen MR) is 81.6 cm³/mol. The molecule has 0 aromatic rings. The Balaban J connectivity index is 1.70. The minimum Gasteiger partial charge on any atom is -0.299 e. The van der Waals surface area contributed by atoms with Gasteiger partial charge in [-0.3, -0.25) is 9.59 Å². The van der Waals surface area contributed by atoms with Gasteiger partial charge in [0.1, 0.15) is 5.78 Å². The van der Waals surface area contributed by atoms with Gasteiger partial charge in [0.15, 0.2) is 5.78 Å². The average molecular weight is 286 g/mol. The maximum absolute atomic E-state index is 12.4. The molecule has 4 aliphatic carbocycles. The number of hydrogen-bond donors (Lipinski definition) is 0. The van der Waals surface area contributed by atoms with Gasteiger partial charge in [-0.25, -0.2) is 0 Å². The van der Waals surface area contributed by atoms with E-state index < -0.39 is 0 Å². The van der Waals surface area contributed by atoms with E-state index in [1.54, 1.807) is 0 Å². The first-order valence-corrected chi connectivity index (χ1v) is 8.69. The monoisotopic (exact) mass is 286 g/mol. The minimum atomic E-state index is -0.0428. The Morgan fingerprint density at radius 3 is 2.67 bits per heavy atom. The topological polar surface area (TPSA) is 34.1 Å². The number of rotatable bonds is 0. The van der Waals surface area contributed by atoms with Gasteiger partial charge >= 0.3 is 0 Å². The summed E-state index contributed by atoms with van der Waals surface area (Å²) in [4.78, 5) is 24.4. The summed E-state index contributed by atoms with van der Waals surface area (Å²) >= 11 is 0. The summed E-state index contributed by atoms with van der Waals surface area (Å²) in [7, 11) is 0. The van der Waals surface area contributed by atoms with Crippen LogP contribution in [0.3, 0.4) is 0 Å². The molecule has 0 aliphatic heterocycles. The van der Waals surface area contributed by atoms with Crippen LogP contribution in [0.5, 0.6) is 0 Å². The van der Waals surface area contributed by atoms with E-state index in [0.717, 1.165) is 32.1 Å². The Hall–Kier alpha value is -0.920. The fraction of sp³-hybridized carbons (Fsp3) is 0.789. The number of Topliss-reactive ketones (excluding diaryl/α,β-unsaturated/α-hetero) is 1. The first-order valence-electron chi connectivity index (χ1n) is 8.69. The van der Waals surface area contributed by atoms with Gasteiger partial charge in [-0.1, -0.05) is 19.9 Å². The van der Waals surface area contributed by atoms with Gasteiger partial charge in [0, 0.05) is 18.3 Å². The van der Waals surface area contributed by atoms with Gasteiger partial charge in [0.05, 0.1) is 0 Å². The molecule has 2 nitrogen and oxygen atoms in total. The third-order valence-corrected chi connectivity index (χ3v) is 7.72. The number of allylic oxidation sites excluding steroid dienone is 2. The molecule has 21 heavy (non-hydrogen) atoms. The van der Waals surface area contributed by atoms with Gasteiger partial charge < -0.3 is 0 Å². The Labute approximate surface area is 127 Å². The first-order chi connectivity index (χ1) is 9.95. The van der Waals surface area contributed by atoms with Crippen molar-refractivity contribution in [2.24, 2.45) is 34.5 Å². The predicted octanol–water partition coefficient (Wildman–Crippen LogP) is 3.94. The van der Waals surface area contributed by atoms with Crippen molar-refractivity contribution in [3.05, 3.63) is 12.2 Å². The van der Waals surface area contributed by atoms with E-state index in [1.165, 1.54) is 12.8 Å². The SMILES string of the molecule is C[C@]12CC(=O)C=C[C@@H]1CC[C@@H]1[C@@H]2CC[C@]2(C)C(=O)CC[C@@H]12. The minimum absolute atomic E-state index is 0.0428. The average Bonchev–Trinajstić information content (AvgIpc) is 2.74. The molecule has 4 rings (SSSR count). The van der Waals surface area contributed by atoms with Crippen LogP contribution < -0.4 is 0 Å². The van der Waals surface area contributed by atoms with E-state index in [4.69, 9.17) is 0 Å². The summed E-state index contributed by atoms with van der Waals surface area (Å²) in [6.07, 6.45) is 11.3. The van der Waals surface area contributed by atoms with Crippen LogP contribution in [-0.4, -0.2) is 11.6 Å². The Bertz CT molecular complexity index is 534. The summed E-state index contributed by atoms with van der Waals surface area (Å²) < 4.78 is 0. The number of ketones is 2. The molecule has 0 bridgehead atoms. The van der Waals surface area contributed by atoms with Crippen LogP contribution >= 0.6 is 0 Å². The highest BCUT2D eigenvalue weighted by atomic mass is 16.1. The van der Waals surface area contributed by atoms with Crippen molar-refractivity contribution in [1.29, 1.82) is 0 Å². The van der Waals surface area contributed by atoms with Crippen LogP contribution in [0, 0.1) is 34.5 Å².